The number of para-hydroxylation sites is 1. The zero-order valence-corrected chi connectivity index (χ0v) is 11.8. The van der Waals surface area contributed by atoms with E-state index in [1.54, 1.807) is 48.5 Å². The minimum Gasteiger partial charge on any atom is -0.440 e. The molecule has 0 radical (unpaired) electrons. The van der Waals surface area contributed by atoms with Gasteiger partial charge < -0.3 is 14.7 Å². The Bertz CT molecular complexity index is 571. The topological polar surface area (TPSA) is 66.8 Å². The molecule has 0 bridgehead atoms. The molecule has 106 valence electrons. The van der Waals surface area contributed by atoms with E-state index in [4.69, 9.17) is 9.63 Å². The van der Waals surface area contributed by atoms with Crippen molar-refractivity contribution < 1.29 is 19.3 Å². The zero-order chi connectivity index (χ0) is 14.4. The van der Waals surface area contributed by atoms with E-state index in [9.17, 15) is 9.67 Å². The van der Waals surface area contributed by atoms with Crippen LogP contribution in [-0.4, -0.2) is 29.1 Å². The fourth-order valence-corrected chi connectivity index (χ4v) is 3.99. The Hall–Kier alpha value is -1.61. The molecule has 5 heteroatoms. The largest absolute Gasteiger partial charge is 0.440 e. The smallest absolute Gasteiger partial charge is 0.279 e. The van der Waals surface area contributed by atoms with E-state index in [0.29, 0.717) is 11.1 Å². The maximum Gasteiger partial charge on any atom is 0.279 e. The van der Waals surface area contributed by atoms with Gasteiger partial charge in [0, 0.05) is 5.30 Å². The van der Waals surface area contributed by atoms with E-state index in [0.717, 1.165) is 0 Å². The van der Waals surface area contributed by atoms with E-state index in [-0.39, 0.29) is 6.16 Å². The number of aliphatic hydroxyl groups excluding tert-OH is 2. The highest BCUT2D eigenvalue weighted by atomic mass is 31.2. The van der Waals surface area contributed by atoms with Crippen LogP contribution < -0.4 is 9.83 Å². The van der Waals surface area contributed by atoms with Crippen molar-refractivity contribution in [2.24, 2.45) is 0 Å². The van der Waals surface area contributed by atoms with E-state index in [1.165, 1.54) is 0 Å². The van der Waals surface area contributed by atoms with Crippen LogP contribution in [0.25, 0.3) is 0 Å². The minimum absolute atomic E-state index is 0.123. The lowest BCUT2D eigenvalue weighted by molar-refractivity contribution is 0.111. The number of benzene rings is 2. The van der Waals surface area contributed by atoms with Gasteiger partial charge in [-0.15, -0.1) is 0 Å². The Morgan fingerprint density at radius 1 is 1.00 bits per heavy atom. The molecule has 0 saturated carbocycles. The highest BCUT2D eigenvalue weighted by Gasteiger charge is 2.30. The van der Waals surface area contributed by atoms with Gasteiger partial charge in [0.05, 0.1) is 18.9 Å². The molecule has 2 N–H and O–H groups in total. The molecule has 0 aliphatic heterocycles. The molecule has 0 aliphatic rings. The van der Waals surface area contributed by atoms with Crippen LogP contribution in [0.2, 0.25) is 0 Å². The van der Waals surface area contributed by atoms with Crippen molar-refractivity contribution in [2.45, 2.75) is 6.10 Å². The molecule has 4 nitrogen and oxygen atoms in total. The van der Waals surface area contributed by atoms with E-state index >= 15 is 0 Å². The molecule has 0 fully saturated rings. The average molecular weight is 292 g/mol. The van der Waals surface area contributed by atoms with Gasteiger partial charge in [-0.1, -0.05) is 36.4 Å². The summed E-state index contributed by atoms with van der Waals surface area (Å²) in [4.78, 5) is 0. The summed E-state index contributed by atoms with van der Waals surface area (Å²) >= 11 is 0. The first-order chi connectivity index (χ1) is 9.64. The van der Waals surface area contributed by atoms with E-state index in [1.807, 2.05) is 12.1 Å². The van der Waals surface area contributed by atoms with Crippen LogP contribution in [0.15, 0.2) is 60.7 Å². The number of rotatable bonds is 6. The van der Waals surface area contributed by atoms with Crippen molar-refractivity contribution in [3.8, 4) is 5.75 Å². The second-order valence-corrected chi connectivity index (χ2v) is 6.84. The maximum absolute atomic E-state index is 13.1. The molecule has 0 heterocycles. The Labute approximate surface area is 118 Å². The third kappa shape index (κ3) is 3.70. The number of aliphatic hydroxyl groups is 2. The molecular weight excluding hydrogens is 275 g/mol. The summed E-state index contributed by atoms with van der Waals surface area (Å²) in [5.41, 5.74) is 0. The van der Waals surface area contributed by atoms with Crippen LogP contribution in [0.4, 0.5) is 0 Å². The Morgan fingerprint density at radius 3 is 2.10 bits per heavy atom. The van der Waals surface area contributed by atoms with Gasteiger partial charge in [0.2, 0.25) is 0 Å². The summed E-state index contributed by atoms with van der Waals surface area (Å²) in [6.07, 6.45) is -1.20. The van der Waals surface area contributed by atoms with Crippen molar-refractivity contribution in [2.75, 3.05) is 12.8 Å². The standard InChI is InChI=1S/C15H17O4P/c16-11-13(17)12-20(18,15-9-5-2-6-10-15)19-14-7-3-1-4-8-14/h1-10,13,16-17H,11-12H2. The lowest BCUT2D eigenvalue weighted by Gasteiger charge is -2.21. The van der Waals surface area contributed by atoms with Gasteiger partial charge in [-0.05, 0) is 24.3 Å². The van der Waals surface area contributed by atoms with Crippen molar-refractivity contribution >= 4 is 12.7 Å². The lowest BCUT2D eigenvalue weighted by Crippen LogP contribution is -2.23. The third-order valence-electron chi connectivity index (χ3n) is 2.81. The zero-order valence-electron chi connectivity index (χ0n) is 10.9. The van der Waals surface area contributed by atoms with Gasteiger partial charge in [0.15, 0.2) is 0 Å². The first kappa shape index (κ1) is 14.8. The predicted molar refractivity (Wildman–Crippen MR) is 78.7 cm³/mol. The van der Waals surface area contributed by atoms with Crippen LogP contribution >= 0.6 is 7.37 Å². The molecule has 2 aromatic carbocycles. The molecule has 0 saturated heterocycles. The normalized spacial score (nSPS) is 15.3. The Balaban J connectivity index is 2.32. The minimum atomic E-state index is -3.28. The molecule has 0 amide bonds. The highest BCUT2D eigenvalue weighted by Crippen LogP contribution is 2.46. The molecule has 2 unspecified atom stereocenters. The lowest BCUT2D eigenvalue weighted by atomic mass is 10.3. The van der Waals surface area contributed by atoms with Crippen LogP contribution in [0.3, 0.4) is 0 Å². The van der Waals surface area contributed by atoms with Gasteiger partial charge in [0.25, 0.3) is 7.37 Å². The third-order valence-corrected chi connectivity index (χ3v) is 5.30. The number of hydrogen-bond donors (Lipinski definition) is 2. The first-order valence-electron chi connectivity index (χ1n) is 6.32. The first-order valence-corrected chi connectivity index (χ1v) is 8.13. The van der Waals surface area contributed by atoms with Crippen LogP contribution in [0, 0.1) is 0 Å². The summed E-state index contributed by atoms with van der Waals surface area (Å²) in [5.74, 6) is 0.477. The molecule has 2 rings (SSSR count). The summed E-state index contributed by atoms with van der Waals surface area (Å²) in [7, 11) is -3.28. The summed E-state index contributed by atoms with van der Waals surface area (Å²) < 4.78 is 18.7. The van der Waals surface area contributed by atoms with E-state index in [2.05, 4.69) is 0 Å². The summed E-state index contributed by atoms with van der Waals surface area (Å²) in [6, 6.07) is 17.6. The van der Waals surface area contributed by atoms with Crippen LogP contribution in [0.1, 0.15) is 0 Å². The summed E-state index contributed by atoms with van der Waals surface area (Å²) in [5, 5.41) is 19.1. The van der Waals surface area contributed by atoms with Crippen molar-refractivity contribution in [1.29, 1.82) is 0 Å². The van der Waals surface area contributed by atoms with Gasteiger partial charge in [-0.3, -0.25) is 4.57 Å². The molecule has 2 atom stereocenters. The summed E-state index contributed by atoms with van der Waals surface area (Å²) in [6.45, 7) is -0.449. The quantitative estimate of drug-likeness (QED) is 0.799. The SMILES string of the molecule is O=P(CC(O)CO)(Oc1ccccc1)c1ccccc1. The molecule has 20 heavy (non-hydrogen) atoms. The van der Waals surface area contributed by atoms with Crippen molar-refractivity contribution in [3.63, 3.8) is 0 Å². The second kappa shape index (κ2) is 6.71. The fraction of sp³-hybridized carbons (Fsp3) is 0.200. The molecule has 0 aliphatic carbocycles. The Morgan fingerprint density at radius 2 is 1.55 bits per heavy atom. The van der Waals surface area contributed by atoms with Crippen molar-refractivity contribution in [3.05, 3.63) is 60.7 Å². The van der Waals surface area contributed by atoms with E-state index < -0.39 is 20.1 Å². The maximum atomic E-state index is 13.1. The van der Waals surface area contributed by atoms with Gasteiger partial charge in [-0.25, -0.2) is 0 Å². The van der Waals surface area contributed by atoms with Gasteiger partial charge >= 0.3 is 0 Å². The van der Waals surface area contributed by atoms with Crippen molar-refractivity contribution in [1.82, 2.24) is 0 Å². The monoisotopic (exact) mass is 292 g/mol. The predicted octanol–water partition coefficient (Wildman–Crippen LogP) is 2.02. The van der Waals surface area contributed by atoms with Gasteiger partial charge in [-0.2, -0.15) is 0 Å². The van der Waals surface area contributed by atoms with Crippen LogP contribution in [0.5, 0.6) is 5.75 Å². The van der Waals surface area contributed by atoms with Gasteiger partial charge in [0.1, 0.15) is 5.75 Å². The fourth-order valence-electron chi connectivity index (χ4n) is 1.84. The second-order valence-electron chi connectivity index (χ2n) is 4.43. The number of hydrogen-bond acceptors (Lipinski definition) is 4. The highest BCUT2D eigenvalue weighted by molar-refractivity contribution is 7.67. The molecule has 0 aromatic heterocycles. The Kier molecular flexibility index (Phi) is 4.96. The average Bonchev–Trinajstić information content (AvgIpc) is 2.49. The molecule has 2 aromatic rings. The molecule has 0 spiro atoms. The molecular formula is C15H17O4P. The van der Waals surface area contributed by atoms with Crippen LogP contribution in [-0.2, 0) is 4.57 Å².